The standard InChI is InChI=1S/C52H48O4/c1-8-51(9-2)42-17-13-12-16-37(42)47-40-29-45(54-6)46(55-7)30-41(40)49-38(48(47)51)24-25-52(56-49,33-18-21-35(53-5)22-19-33)34-20-23-36-39-26-31-14-10-11-15-32(31)27-43(39)50(3,4)44(36)28-34/h10-19,21-22,24-30H,8-9,20,23H2,1-7H3. The summed E-state index contributed by atoms with van der Waals surface area (Å²) in [7, 11) is 5.15. The van der Waals surface area contributed by atoms with E-state index in [0.29, 0.717) is 11.5 Å². The molecule has 6 aromatic rings. The molecule has 0 N–H and O–H groups in total. The van der Waals surface area contributed by atoms with Crippen molar-refractivity contribution in [3.63, 3.8) is 0 Å². The van der Waals surface area contributed by atoms with Crippen molar-refractivity contribution in [1.29, 1.82) is 0 Å². The second-order valence-electron chi connectivity index (χ2n) is 16.4. The fourth-order valence-electron chi connectivity index (χ4n) is 10.8. The predicted octanol–water partition coefficient (Wildman–Crippen LogP) is 12.9. The van der Waals surface area contributed by atoms with Crippen molar-refractivity contribution in [2.75, 3.05) is 21.3 Å². The van der Waals surface area contributed by atoms with Crippen molar-refractivity contribution >= 4 is 33.2 Å². The van der Waals surface area contributed by atoms with Crippen LogP contribution in [0.4, 0.5) is 0 Å². The minimum Gasteiger partial charge on any atom is -0.497 e. The smallest absolute Gasteiger partial charge is 0.174 e. The highest BCUT2D eigenvalue weighted by Gasteiger charge is 2.49. The van der Waals surface area contributed by atoms with Crippen LogP contribution in [-0.4, -0.2) is 21.3 Å². The van der Waals surface area contributed by atoms with Gasteiger partial charge in [0.05, 0.1) is 21.3 Å². The molecule has 4 heteroatoms. The number of rotatable bonds is 7. The van der Waals surface area contributed by atoms with Gasteiger partial charge in [-0.25, -0.2) is 0 Å². The first kappa shape index (κ1) is 34.7. The Morgan fingerprint density at radius 3 is 2.05 bits per heavy atom. The maximum Gasteiger partial charge on any atom is 0.174 e. The summed E-state index contributed by atoms with van der Waals surface area (Å²) in [6.07, 6.45) is 11.0. The van der Waals surface area contributed by atoms with Crippen LogP contribution < -0.4 is 18.9 Å². The molecule has 0 amide bonds. The monoisotopic (exact) mass is 736 g/mol. The molecule has 1 atom stereocenters. The highest BCUT2D eigenvalue weighted by molar-refractivity contribution is 6.09. The topological polar surface area (TPSA) is 36.9 Å². The van der Waals surface area contributed by atoms with Crippen molar-refractivity contribution < 1.29 is 18.9 Å². The van der Waals surface area contributed by atoms with Gasteiger partial charge in [-0.2, -0.15) is 0 Å². The minimum atomic E-state index is -0.867. The molecule has 3 aliphatic carbocycles. The Hall–Kier alpha value is -5.74. The van der Waals surface area contributed by atoms with Crippen molar-refractivity contribution in [2.45, 2.75) is 69.8 Å². The average molecular weight is 737 g/mol. The van der Waals surface area contributed by atoms with Crippen LogP contribution in [0, 0.1) is 0 Å². The summed E-state index contributed by atoms with van der Waals surface area (Å²) in [5.41, 5.74) is 13.2. The van der Waals surface area contributed by atoms with E-state index in [1.54, 1.807) is 21.3 Å². The van der Waals surface area contributed by atoms with Crippen molar-refractivity contribution in [1.82, 2.24) is 0 Å². The average Bonchev–Trinajstić information content (AvgIpc) is 3.67. The van der Waals surface area contributed by atoms with Gasteiger partial charge in [-0.3, -0.25) is 0 Å². The van der Waals surface area contributed by atoms with E-state index in [9.17, 15) is 0 Å². The van der Waals surface area contributed by atoms with E-state index in [1.807, 2.05) is 0 Å². The summed E-state index contributed by atoms with van der Waals surface area (Å²) in [6.45, 7) is 9.44. The van der Waals surface area contributed by atoms with E-state index in [0.717, 1.165) is 59.1 Å². The molecular weight excluding hydrogens is 689 g/mol. The molecule has 1 unspecified atom stereocenters. The molecule has 0 spiro atoms. The number of benzene rings is 6. The molecule has 0 saturated carbocycles. The van der Waals surface area contributed by atoms with E-state index in [-0.39, 0.29) is 10.8 Å². The Kier molecular flexibility index (Phi) is 7.68. The number of allylic oxidation sites excluding steroid dienone is 3. The molecule has 6 aromatic carbocycles. The van der Waals surface area contributed by atoms with Gasteiger partial charge in [0.15, 0.2) is 17.1 Å². The molecule has 0 fully saturated rings. The van der Waals surface area contributed by atoms with E-state index in [2.05, 4.69) is 143 Å². The molecule has 0 bridgehead atoms. The zero-order valence-electron chi connectivity index (χ0n) is 33.4. The number of fused-ring (bicyclic) bond motifs is 11. The third-order valence-electron chi connectivity index (χ3n) is 13.8. The molecule has 56 heavy (non-hydrogen) atoms. The molecule has 0 aromatic heterocycles. The van der Waals surface area contributed by atoms with Crippen LogP contribution in [0.25, 0.3) is 44.3 Å². The van der Waals surface area contributed by atoms with Gasteiger partial charge in [-0.15, -0.1) is 0 Å². The number of methoxy groups -OCH3 is 3. The molecule has 0 saturated heterocycles. The lowest BCUT2D eigenvalue weighted by molar-refractivity contribution is 0.153. The summed E-state index contributed by atoms with van der Waals surface area (Å²) >= 11 is 0. The van der Waals surface area contributed by atoms with Gasteiger partial charge in [-0.05, 0) is 134 Å². The minimum absolute atomic E-state index is 0.164. The van der Waals surface area contributed by atoms with Gasteiger partial charge in [0.2, 0.25) is 0 Å². The number of hydrogen-bond donors (Lipinski definition) is 0. The molecular formula is C52H48O4. The first-order valence-electron chi connectivity index (χ1n) is 20.1. The van der Waals surface area contributed by atoms with Gasteiger partial charge >= 0.3 is 0 Å². The van der Waals surface area contributed by atoms with Gasteiger partial charge in [0.1, 0.15) is 11.5 Å². The SMILES string of the molecule is CCC1(CC)c2ccccc2-c2c1c1c(c3cc(OC)c(OC)cc23)OC(C2=CC3=C(CC2)c2cc4ccccc4cc2C3(C)C)(c2ccc(OC)cc2)C=C1. The Balaban J connectivity index is 1.25. The summed E-state index contributed by atoms with van der Waals surface area (Å²) in [4.78, 5) is 0. The third-order valence-corrected chi connectivity index (χ3v) is 13.8. The first-order valence-corrected chi connectivity index (χ1v) is 20.1. The Labute approximate surface area is 330 Å². The zero-order chi connectivity index (χ0) is 38.6. The molecule has 1 aliphatic heterocycles. The third kappa shape index (κ3) is 4.53. The summed E-state index contributed by atoms with van der Waals surface area (Å²) < 4.78 is 25.5. The molecule has 280 valence electrons. The highest BCUT2D eigenvalue weighted by atomic mass is 16.5. The lowest BCUT2D eigenvalue weighted by atomic mass is 9.70. The van der Waals surface area contributed by atoms with Crippen LogP contribution in [0.1, 0.15) is 86.8 Å². The van der Waals surface area contributed by atoms with Crippen LogP contribution in [-0.2, 0) is 16.4 Å². The van der Waals surface area contributed by atoms with Gasteiger partial charge in [0, 0.05) is 27.3 Å². The molecule has 10 rings (SSSR count). The van der Waals surface area contributed by atoms with Gasteiger partial charge < -0.3 is 18.9 Å². The zero-order valence-corrected chi connectivity index (χ0v) is 33.4. The lowest BCUT2D eigenvalue weighted by Crippen LogP contribution is -2.37. The second-order valence-corrected chi connectivity index (χ2v) is 16.4. The van der Waals surface area contributed by atoms with E-state index in [1.165, 1.54) is 60.9 Å². The van der Waals surface area contributed by atoms with E-state index >= 15 is 0 Å². The normalized spacial score (nSPS) is 19.4. The Morgan fingerprint density at radius 1 is 0.679 bits per heavy atom. The van der Waals surface area contributed by atoms with Crippen LogP contribution >= 0.6 is 0 Å². The molecule has 4 aliphatic rings. The number of ether oxygens (including phenoxy) is 4. The van der Waals surface area contributed by atoms with Crippen LogP contribution in [0.3, 0.4) is 0 Å². The second kappa shape index (κ2) is 12.4. The van der Waals surface area contributed by atoms with Crippen LogP contribution in [0.5, 0.6) is 23.0 Å². The summed E-state index contributed by atoms with van der Waals surface area (Å²) in [5.74, 6) is 3.10. The number of hydrogen-bond acceptors (Lipinski definition) is 4. The summed E-state index contributed by atoms with van der Waals surface area (Å²) in [5, 5.41) is 4.72. The fourth-order valence-corrected chi connectivity index (χ4v) is 10.8. The highest BCUT2D eigenvalue weighted by Crippen LogP contribution is 2.62. The Bertz CT molecular complexity index is 2720. The largest absolute Gasteiger partial charge is 0.497 e. The van der Waals surface area contributed by atoms with Crippen molar-refractivity contribution in [3.05, 3.63) is 154 Å². The van der Waals surface area contributed by atoms with Crippen LogP contribution in [0.2, 0.25) is 0 Å². The van der Waals surface area contributed by atoms with Gasteiger partial charge in [0.25, 0.3) is 0 Å². The van der Waals surface area contributed by atoms with Crippen molar-refractivity contribution in [2.24, 2.45) is 0 Å². The van der Waals surface area contributed by atoms with E-state index in [4.69, 9.17) is 18.9 Å². The van der Waals surface area contributed by atoms with E-state index < -0.39 is 5.60 Å². The van der Waals surface area contributed by atoms with Gasteiger partial charge in [-0.1, -0.05) is 101 Å². The lowest BCUT2D eigenvalue weighted by Gasteiger charge is -2.42. The fraction of sp³-hybridized carbons (Fsp3) is 0.269. The maximum absolute atomic E-state index is 7.85. The summed E-state index contributed by atoms with van der Waals surface area (Å²) in [6, 6.07) is 35.3. The quantitative estimate of drug-likeness (QED) is 0.164. The Morgan fingerprint density at radius 2 is 1.36 bits per heavy atom. The molecule has 0 radical (unpaired) electrons. The predicted molar refractivity (Wildman–Crippen MR) is 229 cm³/mol. The van der Waals surface area contributed by atoms with Crippen LogP contribution in [0.15, 0.2) is 120 Å². The van der Waals surface area contributed by atoms with Crippen molar-refractivity contribution in [3.8, 4) is 34.1 Å². The maximum atomic E-state index is 7.85. The first-order chi connectivity index (χ1) is 27.2. The molecule has 4 nitrogen and oxygen atoms in total. The molecule has 1 heterocycles.